The van der Waals surface area contributed by atoms with Gasteiger partial charge in [0.2, 0.25) is 0 Å². The summed E-state index contributed by atoms with van der Waals surface area (Å²) in [5.41, 5.74) is 8.55. The van der Waals surface area contributed by atoms with Crippen LogP contribution in [-0.4, -0.2) is 27.1 Å². The number of H-pyrrole nitrogens is 1. The normalized spacial score (nSPS) is 11.4. The zero-order valence-corrected chi connectivity index (χ0v) is 12.4. The van der Waals surface area contributed by atoms with E-state index in [0.717, 1.165) is 34.6 Å². The highest BCUT2D eigenvalue weighted by molar-refractivity contribution is 5.90. The third-order valence-electron chi connectivity index (χ3n) is 3.40. The van der Waals surface area contributed by atoms with Crippen LogP contribution in [0.1, 0.15) is 19.5 Å². The Morgan fingerprint density at radius 1 is 1.33 bits per heavy atom. The lowest BCUT2D eigenvalue weighted by Gasteiger charge is -2.08. The lowest BCUT2D eigenvalue weighted by Crippen LogP contribution is -2.02. The van der Waals surface area contributed by atoms with E-state index in [0.29, 0.717) is 11.7 Å². The topological polar surface area (TPSA) is 81.8 Å². The fourth-order valence-electron chi connectivity index (χ4n) is 2.50. The van der Waals surface area contributed by atoms with E-state index in [-0.39, 0.29) is 0 Å². The zero-order valence-electron chi connectivity index (χ0n) is 12.4. The van der Waals surface area contributed by atoms with Crippen LogP contribution in [0.3, 0.4) is 0 Å². The minimum absolute atomic E-state index is 0.489. The Hall–Kier alpha value is -2.50. The molecule has 3 N–H and O–H groups in total. The maximum atomic E-state index is 6.01. The highest BCUT2D eigenvalue weighted by Crippen LogP contribution is 2.30. The molecule has 0 bridgehead atoms. The summed E-state index contributed by atoms with van der Waals surface area (Å²) in [6, 6.07) is 7.73. The molecule has 0 saturated carbocycles. The minimum atomic E-state index is 0.489. The molecule has 6 nitrogen and oxygen atoms in total. The summed E-state index contributed by atoms with van der Waals surface area (Å²) < 4.78 is 7.21. The van der Waals surface area contributed by atoms with Gasteiger partial charge in [-0.15, -0.1) is 0 Å². The Bertz CT molecular complexity index is 772. The molecule has 110 valence electrons. The number of aromatic amines is 1. The molecule has 1 aromatic carbocycles. The Labute approximate surface area is 122 Å². The van der Waals surface area contributed by atoms with Gasteiger partial charge in [-0.3, -0.25) is 5.10 Å². The zero-order chi connectivity index (χ0) is 15.0. The van der Waals surface area contributed by atoms with Gasteiger partial charge in [-0.1, -0.05) is 26.0 Å². The number of anilines is 1. The van der Waals surface area contributed by atoms with E-state index < -0.39 is 0 Å². The molecule has 21 heavy (non-hydrogen) atoms. The number of ether oxygens (including phenoxy) is 1. The van der Waals surface area contributed by atoms with Crippen LogP contribution in [0.4, 0.5) is 5.82 Å². The SMILES string of the molecule is COc1ccccc1-n1nc(CC(C)C)c2c(N)[nH]nc21. The molecule has 0 spiro atoms. The first-order chi connectivity index (χ1) is 10.1. The van der Waals surface area contributed by atoms with Crippen molar-refractivity contribution in [2.24, 2.45) is 5.92 Å². The number of benzene rings is 1. The van der Waals surface area contributed by atoms with E-state index >= 15 is 0 Å². The Kier molecular flexibility index (Phi) is 3.29. The number of nitrogens with zero attached hydrogens (tertiary/aromatic N) is 3. The highest BCUT2D eigenvalue weighted by Gasteiger charge is 2.19. The van der Waals surface area contributed by atoms with Crippen LogP contribution < -0.4 is 10.5 Å². The number of hydrogen-bond donors (Lipinski definition) is 2. The number of aromatic nitrogens is 4. The predicted molar refractivity (Wildman–Crippen MR) is 82.7 cm³/mol. The van der Waals surface area contributed by atoms with Gasteiger partial charge in [0.1, 0.15) is 17.3 Å². The molecule has 0 atom stereocenters. The van der Waals surface area contributed by atoms with Gasteiger partial charge in [0.25, 0.3) is 0 Å². The third kappa shape index (κ3) is 2.22. The average Bonchev–Trinajstić information content (AvgIpc) is 3.00. The first-order valence-electron chi connectivity index (χ1n) is 6.96. The average molecular weight is 285 g/mol. The van der Waals surface area contributed by atoms with Gasteiger partial charge in [-0.05, 0) is 24.5 Å². The number of hydrogen-bond acceptors (Lipinski definition) is 4. The molecule has 6 heteroatoms. The van der Waals surface area contributed by atoms with Crippen molar-refractivity contribution in [2.75, 3.05) is 12.8 Å². The molecule has 2 aromatic heterocycles. The molecule has 0 unspecified atom stereocenters. The number of fused-ring (bicyclic) bond motifs is 1. The molecule has 2 heterocycles. The number of methoxy groups -OCH3 is 1. The minimum Gasteiger partial charge on any atom is -0.494 e. The summed E-state index contributed by atoms with van der Waals surface area (Å²) in [5, 5.41) is 12.7. The summed E-state index contributed by atoms with van der Waals surface area (Å²) in [6.07, 6.45) is 0.850. The van der Waals surface area contributed by atoms with Gasteiger partial charge in [0.15, 0.2) is 5.65 Å². The molecule has 3 aromatic rings. The summed E-state index contributed by atoms with van der Waals surface area (Å²) in [4.78, 5) is 0. The molecular formula is C15H19N5O. The molecule has 3 rings (SSSR count). The Balaban J connectivity index is 2.23. The van der Waals surface area contributed by atoms with Gasteiger partial charge >= 0.3 is 0 Å². The van der Waals surface area contributed by atoms with Crippen molar-refractivity contribution >= 4 is 16.9 Å². The monoisotopic (exact) mass is 285 g/mol. The van der Waals surface area contributed by atoms with Crippen LogP contribution in [0.5, 0.6) is 5.75 Å². The molecule has 0 aliphatic carbocycles. The van der Waals surface area contributed by atoms with Gasteiger partial charge < -0.3 is 10.5 Å². The molecule has 0 aliphatic rings. The fraction of sp³-hybridized carbons (Fsp3) is 0.333. The number of nitrogens with one attached hydrogen (secondary N) is 1. The number of nitrogen functional groups attached to an aromatic ring is 1. The molecular weight excluding hydrogens is 266 g/mol. The largest absolute Gasteiger partial charge is 0.494 e. The van der Waals surface area contributed by atoms with Crippen molar-refractivity contribution in [1.82, 2.24) is 20.0 Å². The van der Waals surface area contributed by atoms with Crippen LogP contribution in [0.2, 0.25) is 0 Å². The van der Waals surface area contributed by atoms with Crippen molar-refractivity contribution < 1.29 is 4.74 Å². The summed E-state index contributed by atoms with van der Waals surface area (Å²) >= 11 is 0. The number of para-hydroxylation sites is 2. The summed E-state index contributed by atoms with van der Waals surface area (Å²) in [7, 11) is 1.65. The van der Waals surface area contributed by atoms with Gasteiger partial charge in [0, 0.05) is 0 Å². The standard InChI is InChI=1S/C15H19N5O/c1-9(2)8-10-13-14(16)17-18-15(13)20(19-10)11-6-4-5-7-12(11)21-3/h4-7,9H,8H2,1-3H3,(H3,16,17,18). The van der Waals surface area contributed by atoms with Crippen molar-refractivity contribution in [3.63, 3.8) is 0 Å². The molecule has 0 saturated heterocycles. The number of nitrogens with two attached hydrogens (primary N) is 1. The lowest BCUT2D eigenvalue weighted by molar-refractivity contribution is 0.412. The molecule has 0 radical (unpaired) electrons. The quantitative estimate of drug-likeness (QED) is 0.771. The van der Waals surface area contributed by atoms with Crippen molar-refractivity contribution in [1.29, 1.82) is 0 Å². The summed E-state index contributed by atoms with van der Waals surface area (Å²) in [6.45, 7) is 4.31. The number of rotatable bonds is 4. The van der Waals surface area contributed by atoms with E-state index in [4.69, 9.17) is 15.6 Å². The van der Waals surface area contributed by atoms with Crippen LogP contribution >= 0.6 is 0 Å². The van der Waals surface area contributed by atoms with Crippen molar-refractivity contribution in [3.8, 4) is 11.4 Å². The second-order valence-electron chi connectivity index (χ2n) is 5.46. The molecule has 0 amide bonds. The van der Waals surface area contributed by atoms with E-state index in [2.05, 4.69) is 24.0 Å². The van der Waals surface area contributed by atoms with E-state index in [1.807, 2.05) is 24.3 Å². The highest BCUT2D eigenvalue weighted by atomic mass is 16.5. The van der Waals surface area contributed by atoms with Gasteiger partial charge in [-0.25, -0.2) is 4.68 Å². The maximum absolute atomic E-state index is 6.01. The smallest absolute Gasteiger partial charge is 0.186 e. The third-order valence-corrected chi connectivity index (χ3v) is 3.40. The van der Waals surface area contributed by atoms with Crippen LogP contribution in [0, 0.1) is 5.92 Å². The fourth-order valence-corrected chi connectivity index (χ4v) is 2.50. The second kappa shape index (κ2) is 5.12. The van der Waals surface area contributed by atoms with Crippen LogP contribution in [0.15, 0.2) is 24.3 Å². The van der Waals surface area contributed by atoms with Crippen LogP contribution in [0.25, 0.3) is 16.7 Å². The van der Waals surface area contributed by atoms with Crippen LogP contribution in [-0.2, 0) is 6.42 Å². The Morgan fingerprint density at radius 2 is 2.10 bits per heavy atom. The van der Waals surface area contributed by atoms with Crippen molar-refractivity contribution in [2.45, 2.75) is 20.3 Å². The van der Waals surface area contributed by atoms with E-state index in [1.54, 1.807) is 11.8 Å². The maximum Gasteiger partial charge on any atom is 0.186 e. The predicted octanol–water partition coefficient (Wildman–Crippen LogP) is 2.54. The second-order valence-corrected chi connectivity index (χ2v) is 5.46. The first kappa shape index (κ1) is 13.5. The first-order valence-corrected chi connectivity index (χ1v) is 6.96. The Morgan fingerprint density at radius 3 is 2.81 bits per heavy atom. The summed E-state index contributed by atoms with van der Waals surface area (Å²) in [5.74, 6) is 1.80. The van der Waals surface area contributed by atoms with E-state index in [9.17, 15) is 0 Å². The molecule has 0 aliphatic heterocycles. The van der Waals surface area contributed by atoms with E-state index in [1.165, 1.54) is 0 Å². The lowest BCUT2D eigenvalue weighted by atomic mass is 10.1. The van der Waals surface area contributed by atoms with Gasteiger partial charge in [0.05, 0.1) is 18.2 Å². The molecule has 0 fully saturated rings. The van der Waals surface area contributed by atoms with Crippen molar-refractivity contribution in [3.05, 3.63) is 30.0 Å². The van der Waals surface area contributed by atoms with Gasteiger partial charge in [-0.2, -0.15) is 10.2 Å².